The maximum Gasteiger partial charge on any atom is 0.490 e. The minimum absolute atomic E-state index is 0.380. The Bertz CT molecular complexity index is 1640. The number of carboxylic acids is 2. The van der Waals surface area contributed by atoms with E-state index in [0.29, 0.717) is 68.1 Å². The number of aliphatic hydroxyl groups is 1. The summed E-state index contributed by atoms with van der Waals surface area (Å²) in [7, 11) is 0. The maximum absolute atomic E-state index is 13.1. The number of aliphatic carboxylic acids is 2. The van der Waals surface area contributed by atoms with Crippen LogP contribution in [-0.2, 0) is 34.5 Å². The molecule has 4 rings (SSSR count). The summed E-state index contributed by atoms with van der Waals surface area (Å²) in [6.07, 6.45) is -26.4. The van der Waals surface area contributed by atoms with E-state index >= 15 is 0 Å². The Morgan fingerprint density at radius 1 is 0.519 bits per heavy atom. The summed E-state index contributed by atoms with van der Waals surface area (Å²) in [4.78, 5) is 22.1. The van der Waals surface area contributed by atoms with Crippen LogP contribution in [0.4, 0.5) is 65.9 Å². The van der Waals surface area contributed by atoms with Crippen molar-refractivity contribution in [2.24, 2.45) is 0 Å². The zero-order valence-electron chi connectivity index (χ0n) is 26.9. The van der Waals surface area contributed by atoms with Gasteiger partial charge in [0.25, 0.3) is 5.60 Å². The summed E-state index contributed by atoms with van der Waals surface area (Å²) in [6.45, 7) is 3.74. The Balaban J connectivity index is 0.000000610. The van der Waals surface area contributed by atoms with Crippen molar-refractivity contribution in [3.63, 3.8) is 0 Å². The number of rotatable bonds is 6. The minimum Gasteiger partial charge on any atom is -0.475 e. The maximum atomic E-state index is 13.1. The van der Waals surface area contributed by atoms with Crippen molar-refractivity contribution in [3.05, 3.63) is 95.1 Å². The van der Waals surface area contributed by atoms with E-state index in [1.807, 2.05) is 0 Å². The lowest BCUT2D eigenvalue weighted by atomic mass is 9.90. The molecule has 1 saturated heterocycles. The number of hydrogen-bond acceptors (Lipinski definition) is 5. The second-order valence-corrected chi connectivity index (χ2v) is 11.3. The van der Waals surface area contributed by atoms with Crippen LogP contribution in [0, 0.1) is 0 Å². The first-order chi connectivity index (χ1) is 24.5. The average Bonchev–Trinajstić information content (AvgIpc) is 3.04. The van der Waals surface area contributed by atoms with Gasteiger partial charge in [-0.2, -0.15) is 65.9 Å². The second-order valence-electron chi connectivity index (χ2n) is 11.3. The second kappa shape index (κ2) is 17.3. The molecule has 54 heavy (non-hydrogen) atoms. The van der Waals surface area contributed by atoms with Crippen LogP contribution in [0.15, 0.2) is 72.8 Å². The molecule has 0 aliphatic carbocycles. The van der Waals surface area contributed by atoms with Gasteiger partial charge in [-0.05, 0) is 28.3 Å². The van der Waals surface area contributed by atoms with E-state index in [9.17, 15) is 71.0 Å². The number of carbonyl (C=O) groups is 2. The lowest BCUT2D eigenvalue weighted by Crippen LogP contribution is -2.53. The highest BCUT2D eigenvalue weighted by atomic mass is 19.4. The zero-order chi connectivity index (χ0) is 41.5. The number of hydrogen-bond donors (Lipinski definition) is 3. The van der Waals surface area contributed by atoms with Gasteiger partial charge < -0.3 is 15.3 Å². The van der Waals surface area contributed by atoms with Crippen LogP contribution in [0.2, 0.25) is 0 Å². The number of benzene rings is 3. The molecule has 0 atom stereocenters. The summed E-state index contributed by atoms with van der Waals surface area (Å²) in [5.41, 5.74) is -4.48. The predicted octanol–water partition coefficient (Wildman–Crippen LogP) is 8.27. The fourth-order valence-electron chi connectivity index (χ4n) is 4.66. The molecule has 1 aliphatic heterocycles. The Hall–Kier alpha value is -4.57. The highest BCUT2D eigenvalue weighted by Crippen LogP contribution is 2.50. The van der Waals surface area contributed by atoms with Gasteiger partial charge in [-0.1, -0.05) is 66.7 Å². The summed E-state index contributed by atoms with van der Waals surface area (Å²) in [6, 6.07) is 15.7. The molecule has 7 nitrogen and oxygen atoms in total. The molecule has 0 radical (unpaired) electrons. The van der Waals surface area contributed by atoms with Gasteiger partial charge in [0, 0.05) is 44.8 Å². The third-order valence-electron chi connectivity index (χ3n) is 7.43. The quantitative estimate of drug-likeness (QED) is 0.216. The van der Waals surface area contributed by atoms with Crippen LogP contribution < -0.4 is 0 Å². The molecule has 1 fully saturated rings. The van der Waals surface area contributed by atoms with Crippen molar-refractivity contribution >= 4 is 11.9 Å². The third kappa shape index (κ3) is 12.8. The molecule has 0 amide bonds. The van der Waals surface area contributed by atoms with Crippen molar-refractivity contribution in [3.8, 4) is 11.1 Å². The summed E-state index contributed by atoms with van der Waals surface area (Å²) >= 11 is 0. The Kier molecular flexibility index (Phi) is 14.6. The highest BCUT2D eigenvalue weighted by Gasteiger charge is 2.71. The number of alkyl halides is 15. The lowest BCUT2D eigenvalue weighted by Gasteiger charge is -2.34. The standard InChI is InChI=1S/C28H25F9N2O.2C2HF3O2/c29-26(30,31)24-3-1-2-20(16-24)18-39-14-12-38(13-15-39)17-19-4-6-21(7-5-19)22-8-10-23(11-9-22)25(40,27(32,33)34)28(35,36)37;2*3-2(4,5)1(6)7/h1-11,16,40H,12-15,17-18H2;2*(H,6,7). The Morgan fingerprint density at radius 2 is 0.870 bits per heavy atom. The van der Waals surface area contributed by atoms with Gasteiger partial charge in [0.15, 0.2) is 0 Å². The summed E-state index contributed by atoms with van der Waals surface area (Å²) < 4.78 is 181. The summed E-state index contributed by atoms with van der Waals surface area (Å²) in [5, 5.41) is 23.8. The highest BCUT2D eigenvalue weighted by molar-refractivity contribution is 5.73. The van der Waals surface area contributed by atoms with Crippen LogP contribution in [0.3, 0.4) is 0 Å². The predicted molar refractivity (Wildman–Crippen MR) is 157 cm³/mol. The zero-order valence-corrected chi connectivity index (χ0v) is 26.9. The SMILES string of the molecule is O=C(O)C(F)(F)F.O=C(O)C(F)(F)F.OC(c1ccc(-c2ccc(CN3CCN(Cc4cccc(C(F)(F)F)c4)CC3)cc2)cc1)(C(F)(F)F)C(F)(F)F. The van der Waals surface area contributed by atoms with Crippen molar-refractivity contribution in [2.75, 3.05) is 26.2 Å². The minimum atomic E-state index is -5.95. The lowest BCUT2D eigenvalue weighted by molar-refractivity contribution is -0.376. The van der Waals surface area contributed by atoms with Gasteiger partial charge >= 0.3 is 42.8 Å². The smallest absolute Gasteiger partial charge is 0.475 e. The van der Waals surface area contributed by atoms with Crippen LogP contribution in [0.5, 0.6) is 0 Å². The van der Waals surface area contributed by atoms with Crippen LogP contribution in [-0.4, -0.2) is 87.9 Å². The van der Waals surface area contributed by atoms with Gasteiger partial charge in [0.2, 0.25) is 0 Å². The molecular weight excluding hydrogens is 777 g/mol. The van der Waals surface area contributed by atoms with E-state index in [2.05, 4.69) is 9.80 Å². The van der Waals surface area contributed by atoms with Gasteiger partial charge in [0.1, 0.15) is 0 Å². The largest absolute Gasteiger partial charge is 0.490 e. The molecule has 1 heterocycles. The number of nitrogens with zero attached hydrogens (tertiary/aromatic N) is 2. The van der Waals surface area contributed by atoms with E-state index in [1.165, 1.54) is 6.07 Å². The Labute approximate surface area is 294 Å². The molecule has 3 aromatic carbocycles. The molecule has 3 aromatic rings. The molecule has 300 valence electrons. The molecule has 1 aliphatic rings. The van der Waals surface area contributed by atoms with Crippen LogP contribution in [0.25, 0.3) is 11.1 Å². The molecule has 0 bridgehead atoms. The molecule has 0 saturated carbocycles. The number of piperazine rings is 1. The molecule has 0 spiro atoms. The van der Waals surface area contributed by atoms with Gasteiger partial charge in [0.05, 0.1) is 5.56 Å². The molecule has 22 heteroatoms. The monoisotopic (exact) mass is 804 g/mol. The topological polar surface area (TPSA) is 101 Å². The van der Waals surface area contributed by atoms with E-state index in [4.69, 9.17) is 19.8 Å². The third-order valence-corrected chi connectivity index (χ3v) is 7.43. The molecule has 0 unspecified atom stereocenters. The number of carboxylic acid groups (broad SMARTS) is 2. The van der Waals surface area contributed by atoms with E-state index < -0.39 is 59.5 Å². The first-order valence-corrected chi connectivity index (χ1v) is 14.7. The van der Waals surface area contributed by atoms with Crippen molar-refractivity contribution in [1.82, 2.24) is 9.80 Å². The average molecular weight is 805 g/mol. The van der Waals surface area contributed by atoms with Crippen molar-refractivity contribution in [1.29, 1.82) is 0 Å². The molecule has 3 N–H and O–H groups in total. The van der Waals surface area contributed by atoms with Gasteiger partial charge in [-0.15, -0.1) is 0 Å². The van der Waals surface area contributed by atoms with E-state index in [1.54, 1.807) is 30.3 Å². The summed E-state index contributed by atoms with van der Waals surface area (Å²) in [5.74, 6) is -5.51. The normalized spacial score (nSPS) is 15.0. The van der Waals surface area contributed by atoms with E-state index in [0.717, 1.165) is 29.8 Å². The van der Waals surface area contributed by atoms with E-state index in [-0.39, 0.29) is 0 Å². The number of halogens is 15. The first kappa shape index (κ1) is 45.6. The fraction of sp³-hybridized carbons (Fsp3) is 0.375. The van der Waals surface area contributed by atoms with Gasteiger partial charge in [-0.25, -0.2) is 9.59 Å². The molecule has 0 aromatic heterocycles. The first-order valence-electron chi connectivity index (χ1n) is 14.7. The van der Waals surface area contributed by atoms with Gasteiger partial charge in [-0.3, -0.25) is 9.80 Å². The van der Waals surface area contributed by atoms with Crippen molar-refractivity contribution in [2.45, 2.75) is 49.6 Å². The Morgan fingerprint density at radius 3 is 1.20 bits per heavy atom. The van der Waals surface area contributed by atoms with Crippen LogP contribution in [0.1, 0.15) is 22.3 Å². The van der Waals surface area contributed by atoms with Crippen LogP contribution >= 0.6 is 0 Å². The fourth-order valence-corrected chi connectivity index (χ4v) is 4.66. The molecular formula is C32H27F15N2O5. The van der Waals surface area contributed by atoms with Crippen molar-refractivity contribution < 1.29 is 90.8 Å².